The molecule has 9 nitrogen and oxygen atoms in total. The Morgan fingerprint density at radius 1 is 1.11 bits per heavy atom. The zero-order chi connectivity index (χ0) is 27.7. The fourth-order valence-electron chi connectivity index (χ4n) is 3.97. The van der Waals surface area contributed by atoms with Crippen LogP contribution in [-0.2, 0) is 25.0 Å². The zero-order valence-electron chi connectivity index (χ0n) is 20.5. The first-order chi connectivity index (χ1) is 17.9. The number of fused-ring (bicyclic) bond motifs is 1. The Morgan fingerprint density at radius 3 is 2.47 bits per heavy atom. The summed E-state index contributed by atoms with van der Waals surface area (Å²) in [6.07, 6.45) is 6.32. The van der Waals surface area contributed by atoms with Gasteiger partial charge in [0.15, 0.2) is 0 Å². The summed E-state index contributed by atoms with van der Waals surface area (Å²) in [5.74, 6) is -1.37. The maximum absolute atomic E-state index is 13.5. The van der Waals surface area contributed by atoms with Gasteiger partial charge < -0.3 is 14.8 Å². The molecule has 2 aromatic carbocycles. The molecule has 0 saturated carbocycles. The Labute approximate surface area is 235 Å². The average molecular weight is 596 g/mol. The molecule has 0 aliphatic carbocycles. The Morgan fingerprint density at radius 2 is 1.79 bits per heavy atom. The van der Waals surface area contributed by atoms with Crippen molar-refractivity contribution in [3.8, 4) is 0 Å². The molecule has 200 valence electrons. The second kappa shape index (κ2) is 10.9. The van der Waals surface area contributed by atoms with Gasteiger partial charge in [0.1, 0.15) is 10.9 Å². The molecule has 0 aromatic heterocycles. The molecular formula is C25H24Cl2N4O5S2. The summed E-state index contributed by atoms with van der Waals surface area (Å²) in [6.45, 7) is 3.56. The maximum atomic E-state index is 13.5. The van der Waals surface area contributed by atoms with E-state index in [4.69, 9.17) is 27.9 Å². The van der Waals surface area contributed by atoms with E-state index in [-0.39, 0.29) is 21.2 Å². The highest BCUT2D eigenvalue weighted by atomic mass is 35.5. The summed E-state index contributed by atoms with van der Waals surface area (Å²) in [6, 6.07) is 9.93. The molecule has 38 heavy (non-hydrogen) atoms. The molecule has 2 heterocycles. The van der Waals surface area contributed by atoms with Crippen molar-refractivity contribution in [1.29, 1.82) is 0 Å². The molecule has 13 heteroatoms. The molecule has 2 aliphatic rings. The van der Waals surface area contributed by atoms with Crippen LogP contribution in [-0.4, -0.2) is 37.8 Å². The maximum Gasteiger partial charge on any atom is 0.329 e. The van der Waals surface area contributed by atoms with Gasteiger partial charge in [-0.1, -0.05) is 49.2 Å². The van der Waals surface area contributed by atoms with Crippen LogP contribution in [0.4, 0.5) is 5.69 Å². The van der Waals surface area contributed by atoms with Crippen molar-refractivity contribution in [3.05, 3.63) is 98.8 Å². The third kappa shape index (κ3) is 5.65. The minimum atomic E-state index is -4.13. The monoisotopic (exact) mass is 594 g/mol. The lowest BCUT2D eigenvalue weighted by Crippen LogP contribution is -2.53. The fraction of sp³-hybridized carbons (Fsp3) is 0.200. The summed E-state index contributed by atoms with van der Waals surface area (Å²) in [7, 11) is -2.91. The number of nitrogens with zero attached hydrogens (tertiary/aromatic N) is 1. The Balaban J connectivity index is 1.66. The number of sulfonamides is 1. The predicted octanol–water partition coefficient (Wildman–Crippen LogP) is 4.71. The number of methoxy groups -OCH3 is 1. The van der Waals surface area contributed by atoms with E-state index in [1.807, 2.05) is 0 Å². The second-order valence-corrected chi connectivity index (χ2v) is 12.2. The molecule has 2 aromatic rings. The van der Waals surface area contributed by atoms with Gasteiger partial charge in [-0.2, -0.15) is 0 Å². The van der Waals surface area contributed by atoms with Gasteiger partial charge in [-0.25, -0.2) is 13.2 Å². The minimum Gasteiger partial charge on any atom is -0.467 e. The third-order valence-corrected chi connectivity index (χ3v) is 8.73. The number of rotatable bonds is 8. The fourth-order valence-corrected chi connectivity index (χ4v) is 6.24. The third-order valence-electron chi connectivity index (χ3n) is 6.09. The van der Waals surface area contributed by atoms with E-state index in [0.29, 0.717) is 10.7 Å². The first-order valence-electron chi connectivity index (χ1n) is 11.2. The number of anilines is 1. The van der Waals surface area contributed by atoms with Crippen LogP contribution in [0.3, 0.4) is 0 Å². The highest BCUT2D eigenvalue weighted by molar-refractivity contribution is 7.97. The van der Waals surface area contributed by atoms with Gasteiger partial charge in [-0.05, 0) is 48.0 Å². The minimum absolute atomic E-state index is 0.000132. The molecule has 4 rings (SSSR count). The van der Waals surface area contributed by atoms with Crippen LogP contribution in [0.25, 0.3) is 0 Å². The summed E-state index contributed by atoms with van der Waals surface area (Å²) in [4.78, 5) is 26.3. The van der Waals surface area contributed by atoms with Gasteiger partial charge in [0.25, 0.3) is 15.9 Å². The van der Waals surface area contributed by atoms with Crippen LogP contribution in [0.5, 0.6) is 0 Å². The van der Waals surface area contributed by atoms with Crippen LogP contribution >= 0.6 is 35.3 Å². The molecule has 0 fully saturated rings. The molecule has 3 N–H and O–H groups in total. The van der Waals surface area contributed by atoms with Crippen molar-refractivity contribution < 1.29 is 22.7 Å². The average Bonchev–Trinajstić information content (AvgIpc) is 3.35. The van der Waals surface area contributed by atoms with Crippen molar-refractivity contribution >= 4 is 62.9 Å². The number of hydrogen-bond donors (Lipinski definition) is 3. The number of ether oxygens (including phenoxy) is 1. The van der Waals surface area contributed by atoms with E-state index < -0.39 is 33.4 Å². The lowest BCUT2D eigenvalue weighted by atomic mass is 9.77. The smallest absolute Gasteiger partial charge is 0.329 e. The summed E-state index contributed by atoms with van der Waals surface area (Å²) in [5.41, 5.74) is 0.155. The van der Waals surface area contributed by atoms with E-state index >= 15 is 0 Å². The van der Waals surface area contributed by atoms with E-state index in [1.54, 1.807) is 60.9 Å². The van der Waals surface area contributed by atoms with Gasteiger partial charge in [-0.15, -0.1) is 0 Å². The first kappa shape index (κ1) is 27.9. The lowest BCUT2D eigenvalue weighted by molar-refractivity contribution is -0.144. The van der Waals surface area contributed by atoms with E-state index in [1.165, 1.54) is 43.5 Å². The number of benzene rings is 2. The topological polar surface area (TPSA) is 117 Å². The molecular weight excluding hydrogens is 571 g/mol. The predicted molar refractivity (Wildman–Crippen MR) is 150 cm³/mol. The SMILES string of the molecule is COC(=O)[C@@H](NC(=O)c1ccc(Cl)cc1NS(=O)(=O)C1=CC=CN2SNC=C12)C(C)(C)c1ccc(Cl)cc1. The first-order valence-corrected chi connectivity index (χ1v) is 14.2. The number of halogens is 2. The van der Waals surface area contributed by atoms with Crippen LogP contribution < -0.4 is 14.8 Å². The van der Waals surface area contributed by atoms with Gasteiger partial charge in [0.2, 0.25) is 0 Å². The van der Waals surface area contributed by atoms with E-state index in [2.05, 4.69) is 14.8 Å². The van der Waals surface area contributed by atoms with Crippen LogP contribution in [0.1, 0.15) is 29.8 Å². The normalized spacial score (nSPS) is 15.6. The van der Waals surface area contributed by atoms with Gasteiger partial charge >= 0.3 is 5.97 Å². The number of hydrogen-bond acceptors (Lipinski definition) is 8. The van der Waals surface area contributed by atoms with Crippen LogP contribution in [0, 0.1) is 0 Å². The van der Waals surface area contributed by atoms with Gasteiger partial charge in [0, 0.05) is 27.9 Å². The molecule has 0 unspecified atom stereocenters. The van der Waals surface area contributed by atoms with Crippen molar-refractivity contribution in [3.63, 3.8) is 0 Å². The number of carbonyl (C=O) groups is 2. The highest BCUT2D eigenvalue weighted by Gasteiger charge is 2.39. The molecule has 2 aliphatic heterocycles. The molecule has 1 amide bonds. The molecule has 0 spiro atoms. The Hall–Kier alpha value is -3.12. The quantitative estimate of drug-likeness (QED) is 0.297. The number of nitrogens with one attached hydrogen (secondary N) is 3. The van der Waals surface area contributed by atoms with Crippen molar-refractivity contribution in [2.24, 2.45) is 0 Å². The highest BCUT2D eigenvalue weighted by Crippen LogP contribution is 2.35. The van der Waals surface area contributed by atoms with E-state index in [9.17, 15) is 18.0 Å². The van der Waals surface area contributed by atoms with Gasteiger partial charge in [0.05, 0.1) is 36.2 Å². The van der Waals surface area contributed by atoms with Gasteiger partial charge in [-0.3, -0.25) is 13.8 Å². The number of allylic oxidation sites excluding steroid dienone is 2. The van der Waals surface area contributed by atoms with Crippen molar-refractivity contribution in [2.75, 3.05) is 11.8 Å². The number of amides is 1. The van der Waals surface area contributed by atoms with Crippen molar-refractivity contribution in [1.82, 2.24) is 14.3 Å². The second-order valence-electron chi connectivity index (χ2n) is 8.89. The van der Waals surface area contributed by atoms with Crippen molar-refractivity contribution in [2.45, 2.75) is 25.3 Å². The number of esters is 1. The largest absolute Gasteiger partial charge is 0.467 e. The van der Waals surface area contributed by atoms with Crippen LogP contribution in [0.15, 0.2) is 77.6 Å². The number of carbonyl (C=O) groups excluding carboxylic acids is 2. The standard InChI is InChI=1S/C25H24Cl2N4O5S2/c1-25(2,15-6-8-16(26)9-7-15)22(24(33)36-3)29-23(32)18-11-10-17(27)13-19(18)30-38(34,35)21-5-4-12-31-20(21)14-28-37-31/h4-14,22,28,30H,1-3H3,(H,29,32)/t22-/m1/s1. The van der Waals surface area contributed by atoms with E-state index in [0.717, 1.165) is 5.56 Å². The van der Waals surface area contributed by atoms with Crippen LogP contribution in [0.2, 0.25) is 10.0 Å². The molecule has 0 saturated heterocycles. The Kier molecular flexibility index (Phi) is 8.03. The molecule has 0 bridgehead atoms. The summed E-state index contributed by atoms with van der Waals surface area (Å²) < 4.78 is 38.7. The summed E-state index contributed by atoms with van der Waals surface area (Å²) >= 11 is 13.4. The zero-order valence-corrected chi connectivity index (χ0v) is 23.6. The summed E-state index contributed by atoms with van der Waals surface area (Å²) in [5, 5.41) is 3.45. The Bertz CT molecular complexity index is 1470. The molecule has 1 atom stereocenters. The molecule has 0 radical (unpaired) electrons. The lowest BCUT2D eigenvalue weighted by Gasteiger charge is -2.33.